The van der Waals surface area contributed by atoms with Crippen LogP contribution in [0.25, 0.3) is 0 Å². The second-order valence-corrected chi connectivity index (χ2v) is 9.77. The molecule has 0 unspecified atom stereocenters. The zero-order valence-corrected chi connectivity index (χ0v) is 18.8. The van der Waals surface area contributed by atoms with Gasteiger partial charge < -0.3 is 4.74 Å². The Labute approximate surface area is 190 Å². The summed E-state index contributed by atoms with van der Waals surface area (Å²) in [5, 5.41) is 0. The van der Waals surface area contributed by atoms with Gasteiger partial charge in [0.1, 0.15) is 12.4 Å². The van der Waals surface area contributed by atoms with Crippen LogP contribution >= 0.6 is 0 Å². The molecule has 0 atom stereocenters. The molecule has 0 spiro atoms. The summed E-state index contributed by atoms with van der Waals surface area (Å²) in [5.41, 5.74) is 2.76. The molecule has 1 aliphatic rings. The van der Waals surface area contributed by atoms with E-state index in [1.165, 1.54) is 6.42 Å². The van der Waals surface area contributed by atoms with E-state index in [1.807, 2.05) is 54.6 Å². The molecule has 166 valence electrons. The average molecular weight is 449 g/mol. The van der Waals surface area contributed by atoms with Crippen LogP contribution in [0.1, 0.15) is 43.2 Å². The van der Waals surface area contributed by atoms with E-state index in [-0.39, 0.29) is 10.9 Å². The lowest BCUT2D eigenvalue weighted by Crippen LogP contribution is -2.36. The van der Waals surface area contributed by atoms with Crippen LogP contribution in [0.15, 0.2) is 88.8 Å². The molecule has 6 heteroatoms. The normalized spacial score (nSPS) is 15.1. The monoisotopic (exact) mass is 448 g/mol. The average Bonchev–Trinajstić information content (AvgIpc) is 2.83. The summed E-state index contributed by atoms with van der Waals surface area (Å²) in [6.07, 6.45) is 6.94. The topological polar surface area (TPSA) is 67.8 Å². The van der Waals surface area contributed by atoms with Crippen molar-refractivity contribution in [1.29, 1.82) is 0 Å². The first-order chi connectivity index (χ1) is 15.6. The lowest BCUT2D eigenvalue weighted by Gasteiger charge is -2.22. The van der Waals surface area contributed by atoms with Crippen molar-refractivity contribution in [3.8, 4) is 5.75 Å². The van der Waals surface area contributed by atoms with Crippen molar-refractivity contribution in [2.24, 2.45) is 4.99 Å². The SMILES string of the molecule is O=S(=O)(NC1CCCCC1)c1ccc(N=Cc2ccc(OCc3ccccc3)cc2)cc1. The predicted molar refractivity (Wildman–Crippen MR) is 128 cm³/mol. The molecule has 0 aliphatic heterocycles. The van der Waals surface area contributed by atoms with E-state index in [1.54, 1.807) is 30.5 Å². The molecular formula is C26H28N2O3S. The molecule has 0 heterocycles. The molecule has 3 aromatic carbocycles. The standard InChI is InChI=1S/C26H28N2O3S/c29-32(30,28-24-9-5-2-6-10-24)26-17-13-23(14-18-26)27-19-21-11-15-25(16-12-21)31-20-22-7-3-1-4-8-22/h1,3-4,7-8,11-19,24,28H,2,5-6,9-10,20H2. The minimum absolute atomic E-state index is 0.0473. The van der Waals surface area contributed by atoms with E-state index in [9.17, 15) is 8.42 Å². The summed E-state index contributed by atoms with van der Waals surface area (Å²) >= 11 is 0. The van der Waals surface area contributed by atoms with Crippen molar-refractivity contribution in [3.63, 3.8) is 0 Å². The number of ether oxygens (including phenoxy) is 1. The first kappa shape index (κ1) is 22.2. The van der Waals surface area contributed by atoms with E-state index in [2.05, 4.69) is 9.71 Å². The summed E-state index contributed by atoms with van der Waals surface area (Å²) in [6.45, 7) is 0.527. The second-order valence-electron chi connectivity index (χ2n) is 8.05. The van der Waals surface area contributed by atoms with Gasteiger partial charge in [0.15, 0.2) is 0 Å². The Balaban J connectivity index is 1.33. The second kappa shape index (κ2) is 10.6. The van der Waals surface area contributed by atoms with Crippen molar-refractivity contribution in [3.05, 3.63) is 90.0 Å². The molecule has 4 rings (SSSR count). The number of aliphatic imine (C=N–C) groups is 1. The number of nitrogens with zero attached hydrogens (tertiary/aromatic N) is 1. The van der Waals surface area contributed by atoms with Crippen molar-refractivity contribution in [2.75, 3.05) is 0 Å². The van der Waals surface area contributed by atoms with Gasteiger partial charge >= 0.3 is 0 Å². The minimum Gasteiger partial charge on any atom is -0.489 e. The molecular weight excluding hydrogens is 420 g/mol. The summed E-state index contributed by atoms with van der Waals surface area (Å²) in [4.78, 5) is 4.74. The maximum atomic E-state index is 12.6. The predicted octanol–water partition coefficient (Wildman–Crippen LogP) is 5.63. The smallest absolute Gasteiger partial charge is 0.240 e. The van der Waals surface area contributed by atoms with Crippen LogP contribution in [-0.2, 0) is 16.6 Å². The molecule has 1 saturated carbocycles. The van der Waals surface area contributed by atoms with Crippen LogP contribution < -0.4 is 9.46 Å². The molecule has 0 amide bonds. The number of rotatable bonds is 8. The van der Waals surface area contributed by atoms with Crippen LogP contribution in [0.3, 0.4) is 0 Å². The quantitative estimate of drug-likeness (QED) is 0.454. The first-order valence-electron chi connectivity index (χ1n) is 11.0. The minimum atomic E-state index is -3.49. The molecule has 1 aliphatic carbocycles. The van der Waals surface area contributed by atoms with Crippen LogP contribution in [0.4, 0.5) is 5.69 Å². The van der Waals surface area contributed by atoms with Crippen LogP contribution in [-0.4, -0.2) is 20.7 Å². The van der Waals surface area contributed by atoms with Crippen LogP contribution in [0, 0.1) is 0 Å². The highest BCUT2D eigenvalue weighted by Crippen LogP contribution is 2.22. The third-order valence-electron chi connectivity index (χ3n) is 5.57. The fourth-order valence-electron chi connectivity index (χ4n) is 3.76. The van der Waals surface area contributed by atoms with E-state index in [0.717, 1.165) is 42.6 Å². The highest BCUT2D eigenvalue weighted by molar-refractivity contribution is 7.89. The van der Waals surface area contributed by atoms with Gasteiger partial charge in [-0.3, -0.25) is 4.99 Å². The van der Waals surface area contributed by atoms with E-state index >= 15 is 0 Å². The Hall–Kier alpha value is -2.96. The molecule has 1 N–H and O–H groups in total. The van der Waals surface area contributed by atoms with Gasteiger partial charge in [0, 0.05) is 12.3 Å². The summed E-state index contributed by atoms with van der Waals surface area (Å²) in [5.74, 6) is 0.797. The lowest BCUT2D eigenvalue weighted by molar-refractivity contribution is 0.306. The van der Waals surface area contributed by atoms with Gasteiger partial charge in [0.05, 0.1) is 10.6 Å². The first-order valence-corrected chi connectivity index (χ1v) is 12.5. The molecule has 5 nitrogen and oxygen atoms in total. The molecule has 0 bridgehead atoms. The van der Waals surface area contributed by atoms with E-state index in [4.69, 9.17) is 4.74 Å². The lowest BCUT2D eigenvalue weighted by atomic mass is 9.96. The van der Waals surface area contributed by atoms with Gasteiger partial charge in [0.25, 0.3) is 0 Å². The molecule has 0 radical (unpaired) electrons. The zero-order valence-electron chi connectivity index (χ0n) is 18.0. The van der Waals surface area contributed by atoms with Crippen molar-refractivity contribution >= 4 is 21.9 Å². The maximum Gasteiger partial charge on any atom is 0.240 e. The van der Waals surface area contributed by atoms with Crippen molar-refractivity contribution < 1.29 is 13.2 Å². The Morgan fingerprint density at radius 2 is 1.56 bits per heavy atom. The Morgan fingerprint density at radius 1 is 0.875 bits per heavy atom. The highest BCUT2D eigenvalue weighted by Gasteiger charge is 2.21. The number of hydrogen-bond donors (Lipinski definition) is 1. The summed E-state index contributed by atoms with van der Waals surface area (Å²) in [6, 6.07) is 24.5. The summed E-state index contributed by atoms with van der Waals surface area (Å²) in [7, 11) is -3.49. The fraction of sp³-hybridized carbons (Fsp3) is 0.269. The molecule has 0 saturated heterocycles. The number of nitrogens with one attached hydrogen (secondary N) is 1. The molecule has 3 aromatic rings. The van der Waals surface area contributed by atoms with Crippen LogP contribution in [0.5, 0.6) is 5.75 Å². The highest BCUT2D eigenvalue weighted by atomic mass is 32.2. The van der Waals surface area contributed by atoms with Crippen LogP contribution in [0.2, 0.25) is 0 Å². The van der Waals surface area contributed by atoms with Gasteiger partial charge in [-0.2, -0.15) is 0 Å². The number of sulfonamides is 1. The van der Waals surface area contributed by atoms with Crippen molar-refractivity contribution in [2.45, 2.75) is 49.6 Å². The Morgan fingerprint density at radius 3 is 2.25 bits per heavy atom. The van der Waals surface area contributed by atoms with E-state index in [0.29, 0.717) is 12.3 Å². The Kier molecular flexibility index (Phi) is 7.35. The molecule has 0 aromatic heterocycles. The number of benzene rings is 3. The third-order valence-corrected chi connectivity index (χ3v) is 7.10. The largest absolute Gasteiger partial charge is 0.489 e. The summed E-state index contributed by atoms with van der Waals surface area (Å²) < 4.78 is 33.8. The zero-order chi connectivity index (χ0) is 22.2. The fourth-order valence-corrected chi connectivity index (χ4v) is 5.06. The van der Waals surface area contributed by atoms with Gasteiger partial charge in [0.2, 0.25) is 10.0 Å². The van der Waals surface area contributed by atoms with Gasteiger partial charge in [-0.05, 0) is 72.5 Å². The van der Waals surface area contributed by atoms with Crippen molar-refractivity contribution in [1.82, 2.24) is 4.72 Å². The maximum absolute atomic E-state index is 12.6. The van der Waals surface area contributed by atoms with Gasteiger partial charge in [-0.25, -0.2) is 13.1 Å². The third kappa shape index (κ3) is 6.28. The van der Waals surface area contributed by atoms with Gasteiger partial charge in [-0.1, -0.05) is 49.6 Å². The molecule has 1 fully saturated rings. The van der Waals surface area contributed by atoms with E-state index < -0.39 is 10.0 Å². The number of hydrogen-bond acceptors (Lipinski definition) is 4. The molecule has 32 heavy (non-hydrogen) atoms. The van der Waals surface area contributed by atoms with Gasteiger partial charge in [-0.15, -0.1) is 0 Å². The Bertz CT molecular complexity index is 1120.